The van der Waals surface area contributed by atoms with Crippen LogP contribution in [-0.4, -0.2) is 13.6 Å². The zero-order chi connectivity index (χ0) is 24.0. The monoisotopic (exact) mass is 441 g/mol. The van der Waals surface area contributed by atoms with Gasteiger partial charge in [-0.25, -0.2) is 0 Å². The van der Waals surface area contributed by atoms with E-state index in [-0.39, 0.29) is 0 Å². The minimum absolute atomic E-state index is 0.402. The molecule has 1 aliphatic rings. The third-order valence-electron chi connectivity index (χ3n) is 7.18. The number of hydrogen-bond donors (Lipinski definition) is 0. The van der Waals surface area contributed by atoms with E-state index in [1.165, 1.54) is 64.8 Å². The second-order valence-electron chi connectivity index (χ2n) is 9.85. The highest BCUT2D eigenvalue weighted by Gasteiger charge is 2.23. The minimum atomic E-state index is 0.402. The fraction of sp³-hybridized carbons (Fsp3) is 0.438. The van der Waals surface area contributed by atoms with Crippen LogP contribution in [0.5, 0.6) is 0 Å². The molecule has 0 aliphatic carbocycles. The summed E-state index contributed by atoms with van der Waals surface area (Å²) in [6.07, 6.45) is 11.6. The Labute approximate surface area is 202 Å². The second-order valence-corrected chi connectivity index (χ2v) is 9.85. The molecule has 0 saturated carbocycles. The highest BCUT2D eigenvalue weighted by atomic mass is 15.1. The summed E-state index contributed by atoms with van der Waals surface area (Å²) in [4.78, 5) is 2.45. The van der Waals surface area contributed by atoms with Gasteiger partial charge in [0.2, 0.25) is 0 Å². The van der Waals surface area contributed by atoms with Gasteiger partial charge in [0.25, 0.3) is 0 Å². The molecule has 0 fully saturated rings. The van der Waals surface area contributed by atoms with E-state index in [1.54, 1.807) is 0 Å². The van der Waals surface area contributed by atoms with Crippen LogP contribution in [0.25, 0.3) is 17.2 Å². The molecule has 0 radical (unpaired) electrons. The van der Waals surface area contributed by atoms with Crippen LogP contribution in [0.3, 0.4) is 0 Å². The van der Waals surface area contributed by atoms with E-state index < -0.39 is 0 Å². The maximum Gasteiger partial charge on any atom is 0.0446 e. The van der Waals surface area contributed by atoms with Gasteiger partial charge in [0.05, 0.1) is 0 Å². The molecule has 1 nitrogen and oxygen atoms in total. The van der Waals surface area contributed by atoms with Gasteiger partial charge in [0, 0.05) is 24.8 Å². The molecule has 1 heterocycles. The highest BCUT2D eigenvalue weighted by Crippen LogP contribution is 2.40. The van der Waals surface area contributed by atoms with Gasteiger partial charge >= 0.3 is 0 Å². The zero-order valence-electron chi connectivity index (χ0n) is 21.6. The van der Waals surface area contributed by atoms with Gasteiger partial charge < -0.3 is 4.90 Å². The van der Waals surface area contributed by atoms with E-state index in [9.17, 15) is 0 Å². The molecule has 1 aliphatic heterocycles. The van der Waals surface area contributed by atoms with Gasteiger partial charge in [0.1, 0.15) is 0 Å². The fourth-order valence-electron chi connectivity index (χ4n) is 5.24. The summed E-state index contributed by atoms with van der Waals surface area (Å²) in [7, 11) is 2.24. The number of fused-ring (bicyclic) bond motifs is 2. The average molecular weight is 442 g/mol. The van der Waals surface area contributed by atoms with Crippen molar-refractivity contribution in [2.75, 3.05) is 18.5 Å². The number of hydrogen-bond acceptors (Lipinski definition) is 1. The predicted octanol–water partition coefficient (Wildman–Crippen LogP) is 8.83. The van der Waals surface area contributed by atoms with Crippen LogP contribution in [0.2, 0.25) is 0 Å². The number of nitrogens with zero attached hydrogens (tertiary/aromatic N) is 1. The molecule has 0 amide bonds. The molecule has 1 atom stereocenters. The van der Waals surface area contributed by atoms with Gasteiger partial charge in [-0.2, -0.15) is 0 Å². The Morgan fingerprint density at radius 1 is 1.09 bits per heavy atom. The Balaban J connectivity index is 2.32. The number of aryl methyl sites for hydroxylation is 1. The van der Waals surface area contributed by atoms with Crippen LogP contribution in [-0.2, 0) is 12.8 Å². The lowest BCUT2D eigenvalue weighted by atomic mass is 9.81. The Hall–Kier alpha value is -2.54. The summed E-state index contributed by atoms with van der Waals surface area (Å²) in [6.45, 7) is 18.4. The van der Waals surface area contributed by atoms with E-state index in [0.717, 1.165) is 25.0 Å². The molecule has 0 saturated heterocycles. The first kappa shape index (κ1) is 25.1. The normalized spacial score (nSPS) is 17.7. The Bertz CT molecular complexity index is 1000. The number of anilines is 1. The molecule has 0 bridgehead atoms. The van der Waals surface area contributed by atoms with Crippen molar-refractivity contribution in [3.8, 4) is 0 Å². The molecular weight excluding hydrogens is 398 g/mol. The molecule has 176 valence electrons. The van der Waals surface area contributed by atoms with Gasteiger partial charge in [-0.1, -0.05) is 88.2 Å². The lowest BCUT2D eigenvalue weighted by Gasteiger charge is -2.31. The van der Waals surface area contributed by atoms with E-state index in [4.69, 9.17) is 0 Å². The lowest BCUT2D eigenvalue weighted by Crippen LogP contribution is -2.27. The van der Waals surface area contributed by atoms with Crippen molar-refractivity contribution in [3.05, 3.63) is 83.4 Å². The van der Waals surface area contributed by atoms with Crippen LogP contribution in [0.1, 0.15) is 81.2 Å². The predicted molar refractivity (Wildman–Crippen MR) is 149 cm³/mol. The van der Waals surface area contributed by atoms with Crippen LogP contribution < -0.4 is 4.90 Å². The average Bonchev–Trinajstić information content (AvgIpc) is 2.81. The largest absolute Gasteiger partial charge is 0.373 e. The molecule has 0 N–H and O–H groups in total. The third-order valence-corrected chi connectivity index (χ3v) is 7.18. The molecular formula is C32H43N. The molecule has 2 aromatic carbocycles. The van der Waals surface area contributed by atoms with Crippen molar-refractivity contribution in [1.29, 1.82) is 0 Å². The SMILES string of the molecule is C=CC1Cc2cc(CC)ccc2/C=C(\C(CCC)CCC)c2ccc(C(=C)C)cc2N(C)C1. The van der Waals surface area contributed by atoms with Crippen molar-refractivity contribution in [2.45, 2.75) is 66.2 Å². The topological polar surface area (TPSA) is 3.24 Å². The summed E-state index contributed by atoms with van der Waals surface area (Å²) in [6, 6.07) is 14.1. The quantitative estimate of drug-likeness (QED) is 0.370. The van der Waals surface area contributed by atoms with Gasteiger partial charge in [-0.3, -0.25) is 0 Å². The van der Waals surface area contributed by atoms with Crippen molar-refractivity contribution in [1.82, 2.24) is 0 Å². The Morgan fingerprint density at radius 2 is 1.82 bits per heavy atom. The summed E-state index contributed by atoms with van der Waals surface area (Å²) < 4.78 is 0. The summed E-state index contributed by atoms with van der Waals surface area (Å²) in [5.41, 5.74) is 10.8. The van der Waals surface area contributed by atoms with Crippen molar-refractivity contribution < 1.29 is 0 Å². The first-order valence-electron chi connectivity index (χ1n) is 12.9. The Kier molecular flexibility index (Phi) is 8.78. The van der Waals surface area contributed by atoms with Crippen molar-refractivity contribution in [3.63, 3.8) is 0 Å². The van der Waals surface area contributed by atoms with Crippen LogP contribution in [0.15, 0.2) is 55.6 Å². The fourth-order valence-corrected chi connectivity index (χ4v) is 5.24. The van der Waals surface area contributed by atoms with Crippen LogP contribution in [0, 0.1) is 11.8 Å². The summed E-state index contributed by atoms with van der Waals surface area (Å²) in [5, 5.41) is 0. The minimum Gasteiger partial charge on any atom is -0.373 e. The maximum absolute atomic E-state index is 4.22. The van der Waals surface area contributed by atoms with E-state index in [0.29, 0.717) is 11.8 Å². The van der Waals surface area contributed by atoms with Crippen LogP contribution >= 0.6 is 0 Å². The standard InChI is InChI=1S/C32H43N/c1-8-12-26(13-9-2)31-20-28-15-14-24(10-3)18-29(28)19-25(11-4)22-33(7)32-21-27(23(5)6)16-17-30(31)32/h11,14-18,20-21,25-26H,4-5,8-10,12-13,19,22H2,1-3,6-7H3/b31-20+. The van der Waals surface area contributed by atoms with E-state index >= 15 is 0 Å². The first-order valence-corrected chi connectivity index (χ1v) is 12.9. The van der Waals surface area contributed by atoms with Crippen molar-refractivity contribution in [2.24, 2.45) is 11.8 Å². The number of allylic oxidation sites excluding steroid dienone is 2. The smallest absolute Gasteiger partial charge is 0.0446 e. The molecule has 0 aromatic heterocycles. The van der Waals surface area contributed by atoms with Crippen molar-refractivity contribution >= 4 is 22.9 Å². The molecule has 33 heavy (non-hydrogen) atoms. The van der Waals surface area contributed by atoms with Gasteiger partial charge in [-0.05, 0) is 78.3 Å². The molecule has 3 rings (SSSR count). The Morgan fingerprint density at radius 3 is 2.42 bits per heavy atom. The molecule has 0 spiro atoms. The zero-order valence-corrected chi connectivity index (χ0v) is 21.6. The summed E-state index contributed by atoms with van der Waals surface area (Å²) >= 11 is 0. The lowest BCUT2D eigenvalue weighted by molar-refractivity contribution is 0.545. The number of rotatable bonds is 8. The van der Waals surface area contributed by atoms with Crippen LogP contribution in [0.4, 0.5) is 5.69 Å². The molecule has 2 aromatic rings. The summed E-state index contributed by atoms with van der Waals surface area (Å²) in [5.74, 6) is 0.968. The van der Waals surface area contributed by atoms with E-state index in [1.807, 2.05) is 0 Å². The number of benzene rings is 2. The van der Waals surface area contributed by atoms with Gasteiger partial charge in [-0.15, -0.1) is 6.58 Å². The molecule has 1 heteroatoms. The highest BCUT2D eigenvalue weighted by molar-refractivity contribution is 5.90. The maximum atomic E-state index is 4.22. The first-order chi connectivity index (χ1) is 15.9. The molecule has 1 unspecified atom stereocenters. The third kappa shape index (κ3) is 5.88. The van der Waals surface area contributed by atoms with Gasteiger partial charge in [0.15, 0.2) is 0 Å². The second kappa shape index (κ2) is 11.5. The van der Waals surface area contributed by atoms with E-state index in [2.05, 4.69) is 101 Å².